The molecule has 4 aromatic rings. The molecule has 5 N–H and O–H groups in total. The molecule has 2 aromatic heterocycles. The number of urea groups is 1. The van der Waals surface area contributed by atoms with Crippen molar-refractivity contribution in [2.24, 2.45) is 0 Å². The van der Waals surface area contributed by atoms with Crippen LogP contribution in [0.1, 0.15) is 24.2 Å². The number of rotatable bonds is 5. The number of carbonyl (C=O) groups is 3. The number of hydrogen-bond acceptors (Lipinski definition) is 5. The van der Waals surface area contributed by atoms with Gasteiger partial charge >= 0.3 is 18.2 Å². The summed E-state index contributed by atoms with van der Waals surface area (Å²) in [7, 11) is 0. The van der Waals surface area contributed by atoms with Gasteiger partial charge in [-0.15, -0.1) is 0 Å². The molecule has 0 aliphatic carbocycles. The molecule has 38 heavy (non-hydrogen) atoms. The number of amides is 3. The van der Waals surface area contributed by atoms with Gasteiger partial charge in [0.15, 0.2) is 0 Å². The monoisotopic (exact) mass is 528 g/mol. The molecule has 0 radical (unpaired) electrons. The first kappa shape index (κ1) is 27.6. The summed E-state index contributed by atoms with van der Waals surface area (Å²) in [5.41, 5.74) is 4.16. The largest absolute Gasteiger partial charge is 0.490 e. The van der Waals surface area contributed by atoms with Crippen molar-refractivity contribution in [3.63, 3.8) is 0 Å². The van der Waals surface area contributed by atoms with E-state index in [-0.39, 0.29) is 11.9 Å². The van der Waals surface area contributed by atoms with Gasteiger partial charge in [0.1, 0.15) is 12.0 Å². The number of carboxylic acid groups (broad SMARTS) is 1. The lowest BCUT2D eigenvalue weighted by molar-refractivity contribution is -0.192. The van der Waals surface area contributed by atoms with E-state index in [4.69, 9.17) is 9.90 Å². The lowest BCUT2D eigenvalue weighted by Crippen LogP contribution is -2.30. The Morgan fingerprint density at radius 3 is 2.24 bits per heavy atom. The molecule has 13 heteroatoms. The summed E-state index contributed by atoms with van der Waals surface area (Å²) in [6, 6.07) is 15.8. The maximum absolute atomic E-state index is 12.4. The predicted molar refractivity (Wildman–Crippen MR) is 135 cm³/mol. The molecule has 198 valence electrons. The molecule has 0 bridgehead atoms. The average molecular weight is 528 g/mol. The van der Waals surface area contributed by atoms with Crippen molar-refractivity contribution in [1.29, 1.82) is 0 Å². The van der Waals surface area contributed by atoms with Gasteiger partial charge in [0.2, 0.25) is 0 Å². The van der Waals surface area contributed by atoms with Crippen LogP contribution in [-0.4, -0.2) is 50.2 Å². The normalized spacial score (nSPS) is 10.9. The predicted octanol–water partition coefficient (Wildman–Crippen LogP) is 5.04. The van der Waals surface area contributed by atoms with E-state index in [0.29, 0.717) is 16.9 Å². The van der Waals surface area contributed by atoms with E-state index in [0.717, 1.165) is 22.3 Å². The van der Waals surface area contributed by atoms with Gasteiger partial charge in [-0.2, -0.15) is 13.2 Å². The Hall–Kier alpha value is -4.94. The van der Waals surface area contributed by atoms with Crippen molar-refractivity contribution in [2.75, 3.05) is 10.6 Å². The summed E-state index contributed by atoms with van der Waals surface area (Å²) in [6.07, 6.45) is -1.74. The second-order valence-corrected chi connectivity index (χ2v) is 8.13. The first-order valence-corrected chi connectivity index (χ1v) is 11.1. The van der Waals surface area contributed by atoms with Crippen molar-refractivity contribution in [1.82, 2.24) is 20.3 Å². The molecule has 0 saturated heterocycles. The fourth-order valence-electron chi connectivity index (χ4n) is 3.19. The van der Waals surface area contributed by atoms with Crippen LogP contribution in [0.5, 0.6) is 0 Å². The third kappa shape index (κ3) is 7.53. The Balaban J connectivity index is 0.000000505. The van der Waals surface area contributed by atoms with E-state index < -0.39 is 18.2 Å². The number of carbonyl (C=O) groups excluding carboxylic acids is 2. The molecule has 0 saturated carbocycles. The topological polar surface area (TPSA) is 149 Å². The van der Waals surface area contributed by atoms with Gasteiger partial charge in [0.05, 0.1) is 5.69 Å². The maximum Gasteiger partial charge on any atom is 0.490 e. The van der Waals surface area contributed by atoms with Crippen molar-refractivity contribution < 1.29 is 32.7 Å². The van der Waals surface area contributed by atoms with E-state index in [1.807, 2.05) is 50.4 Å². The number of benzene rings is 2. The van der Waals surface area contributed by atoms with Gasteiger partial charge in [-0.05, 0) is 50.2 Å². The van der Waals surface area contributed by atoms with E-state index in [2.05, 4.69) is 30.9 Å². The first-order chi connectivity index (χ1) is 17.9. The lowest BCUT2D eigenvalue weighted by atomic mass is 10.1. The van der Waals surface area contributed by atoms with Crippen molar-refractivity contribution in [3.05, 3.63) is 72.7 Å². The minimum Gasteiger partial charge on any atom is -0.475 e. The van der Waals surface area contributed by atoms with Gasteiger partial charge in [-0.1, -0.05) is 18.2 Å². The average Bonchev–Trinajstić information content (AvgIpc) is 3.33. The number of fused-ring (bicyclic) bond motifs is 1. The van der Waals surface area contributed by atoms with Crippen LogP contribution in [0.4, 0.5) is 29.3 Å². The van der Waals surface area contributed by atoms with E-state index >= 15 is 0 Å². The fourth-order valence-corrected chi connectivity index (χ4v) is 3.19. The first-order valence-electron chi connectivity index (χ1n) is 11.1. The molecule has 3 amide bonds. The van der Waals surface area contributed by atoms with Crippen LogP contribution < -0.4 is 16.0 Å². The molecule has 2 aromatic carbocycles. The summed E-state index contributed by atoms with van der Waals surface area (Å²) < 4.78 is 31.7. The summed E-state index contributed by atoms with van der Waals surface area (Å²) in [6.45, 7) is 3.79. The van der Waals surface area contributed by atoms with E-state index in [9.17, 15) is 22.8 Å². The molecule has 10 nitrogen and oxygen atoms in total. The maximum atomic E-state index is 12.4. The van der Waals surface area contributed by atoms with Crippen LogP contribution in [0, 0.1) is 0 Å². The Morgan fingerprint density at radius 2 is 1.61 bits per heavy atom. The second-order valence-electron chi connectivity index (χ2n) is 8.13. The zero-order chi connectivity index (χ0) is 27.9. The van der Waals surface area contributed by atoms with Gasteiger partial charge < -0.3 is 26.0 Å². The minimum absolute atomic E-state index is 0.0334. The summed E-state index contributed by atoms with van der Waals surface area (Å²) in [5, 5.41) is 16.4. The lowest BCUT2D eigenvalue weighted by Gasteiger charge is -2.11. The number of anilines is 2. The number of carboxylic acids is 1. The quantitative estimate of drug-likeness (QED) is 0.245. The number of aromatic amines is 1. The van der Waals surface area contributed by atoms with Crippen molar-refractivity contribution in [3.8, 4) is 11.3 Å². The van der Waals surface area contributed by atoms with Gasteiger partial charge in [0.25, 0.3) is 5.91 Å². The molecule has 0 atom stereocenters. The summed E-state index contributed by atoms with van der Waals surface area (Å²) in [5.74, 6) is -2.94. The number of nitrogens with one attached hydrogen (secondary N) is 4. The molecular weight excluding hydrogens is 505 g/mol. The van der Waals surface area contributed by atoms with Crippen LogP contribution in [0.3, 0.4) is 0 Å². The van der Waals surface area contributed by atoms with Crippen molar-refractivity contribution >= 4 is 40.3 Å². The zero-order valence-corrected chi connectivity index (χ0v) is 20.1. The van der Waals surface area contributed by atoms with Gasteiger partial charge in [-0.3, -0.25) is 4.79 Å². The number of halogens is 3. The van der Waals surface area contributed by atoms with Crippen LogP contribution >= 0.6 is 0 Å². The van der Waals surface area contributed by atoms with E-state index in [1.54, 1.807) is 24.3 Å². The molecular formula is C25H23F3N6O4. The van der Waals surface area contributed by atoms with Crippen LogP contribution in [0.2, 0.25) is 0 Å². The highest BCUT2D eigenvalue weighted by molar-refractivity contribution is 6.01. The number of nitrogens with zero attached hydrogens (tertiary/aromatic N) is 2. The van der Waals surface area contributed by atoms with Crippen LogP contribution in [0.15, 0.2) is 67.1 Å². The Morgan fingerprint density at radius 1 is 0.947 bits per heavy atom. The number of aliphatic carboxylic acids is 1. The van der Waals surface area contributed by atoms with Crippen LogP contribution in [0.25, 0.3) is 22.3 Å². The van der Waals surface area contributed by atoms with Gasteiger partial charge in [-0.25, -0.2) is 19.6 Å². The Kier molecular flexibility index (Phi) is 8.63. The Bertz CT molecular complexity index is 1440. The highest BCUT2D eigenvalue weighted by Crippen LogP contribution is 2.26. The SMILES string of the molecule is CC(C)NC(=O)c1cccc(NC(=O)Nc2ccc(-c3ncnc4[nH]ccc34)cc2)c1.O=C(O)C(F)(F)F. The molecule has 0 fully saturated rings. The number of aromatic nitrogens is 3. The molecule has 0 aliphatic rings. The second kappa shape index (κ2) is 11.9. The zero-order valence-electron chi connectivity index (χ0n) is 20.1. The fraction of sp³-hybridized carbons (Fsp3) is 0.160. The third-order valence-electron chi connectivity index (χ3n) is 4.82. The van der Waals surface area contributed by atoms with E-state index in [1.165, 1.54) is 6.33 Å². The third-order valence-corrected chi connectivity index (χ3v) is 4.82. The summed E-state index contributed by atoms with van der Waals surface area (Å²) in [4.78, 5) is 45.1. The molecule has 4 rings (SSSR count). The van der Waals surface area contributed by atoms with Crippen molar-refractivity contribution in [2.45, 2.75) is 26.1 Å². The minimum atomic E-state index is -5.08. The molecule has 0 unspecified atom stereocenters. The number of hydrogen-bond donors (Lipinski definition) is 5. The molecule has 0 aliphatic heterocycles. The highest BCUT2D eigenvalue weighted by Gasteiger charge is 2.38. The molecule has 0 spiro atoms. The standard InChI is InChI=1S/C23H22N6O2.C2HF3O2/c1-14(2)27-22(30)16-4-3-5-18(12-16)29-23(31)28-17-8-6-15(7-9-17)20-19-10-11-24-21(19)26-13-25-20;3-2(4,5)1(6)7/h3-14H,1-2H3,(H,27,30)(H,24,25,26)(H2,28,29,31);(H,6,7). The molecule has 2 heterocycles. The highest BCUT2D eigenvalue weighted by atomic mass is 19.4. The van der Waals surface area contributed by atoms with Crippen LogP contribution in [-0.2, 0) is 4.79 Å². The number of H-pyrrole nitrogens is 1. The smallest absolute Gasteiger partial charge is 0.475 e. The number of alkyl halides is 3. The van der Waals surface area contributed by atoms with Gasteiger partial charge in [0, 0.05) is 40.1 Å². The Labute approximate surface area is 214 Å². The summed E-state index contributed by atoms with van der Waals surface area (Å²) >= 11 is 0.